The van der Waals surface area contributed by atoms with E-state index in [0.29, 0.717) is 24.3 Å². The number of carbonyl (C=O) groups excluding carboxylic acids is 2. The summed E-state index contributed by atoms with van der Waals surface area (Å²) in [6.45, 7) is 9.44. The maximum Gasteiger partial charge on any atom is 0.319 e. The van der Waals surface area contributed by atoms with Crippen molar-refractivity contribution >= 4 is 29.0 Å². The number of carbonyl (C=O) groups is 2. The highest BCUT2D eigenvalue weighted by atomic mass is 32.1. The Hall–Kier alpha value is -2.34. The van der Waals surface area contributed by atoms with Gasteiger partial charge in [0.25, 0.3) is 5.91 Å². The minimum atomic E-state index is -0.250. The monoisotopic (exact) mass is 373 g/mol. The topological polar surface area (TPSA) is 61.4 Å². The van der Waals surface area contributed by atoms with Crippen molar-refractivity contribution in [2.75, 3.05) is 18.4 Å². The van der Waals surface area contributed by atoms with Crippen LogP contribution in [0.15, 0.2) is 41.8 Å². The number of rotatable bonds is 7. The average Bonchev–Trinajstić information content (AvgIpc) is 3.15. The SMILES string of the molecule is CCN(CC)C(=O)c1ccc(NC(=O)NC(c2cccs2)C(C)C)cc1. The molecule has 0 aliphatic heterocycles. The molecular weight excluding hydrogens is 346 g/mol. The number of anilines is 1. The van der Waals surface area contributed by atoms with Gasteiger partial charge in [-0.2, -0.15) is 0 Å². The molecule has 0 aliphatic rings. The molecule has 2 aromatic rings. The van der Waals surface area contributed by atoms with Crippen LogP contribution in [0.4, 0.5) is 10.5 Å². The normalized spacial score (nSPS) is 11.9. The van der Waals surface area contributed by atoms with Crippen LogP contribution in [0.5, 0.6) is 0 Å². The van der Waals surface area contributed by atoms with Gasteiger partial charge in [-0.25, -0.2) is 4.79 Å². The van der Waals surface area contributed by atoms with E-state index in [2.05, 4.69) is 24.5 Å². The smallest absolute Gasteiger partial charge is 0.319 e. The molecule has 5 nitrogen and oxygen atoms in total. The highest BCUT2D eigenvalue weighted by molar-refractivity contribution is 7.10. The van der Waals surface area contributed by atoms with Gasteiger partial charge in [0.05, 0.1) is 6.04 Å². The Kier molecular flexibility index (Phi) is 7.21. The fraction of sp³-hybridized carbons (Fsp3) is 0.400. The predicted molar refractivity (Wildman–Crippen MR) is 108 cm³/mol. The summed E-state index contributed by atoms with van der Waals surface area (Å²) in [5, 5.41) is 7.88. The molecule has 0 bridgehead atoms. The van der Waals surface area contributed by atoms with Crippen molar-refractivity contribution in [3.8, 4) is 0 Å². The molecule has 2 N–H and O–H groups in total. The van der Waals surface area contributed by atoms with E-state index in [1.165, 1.54) is 0 Å². The van der Waals surface area contributed by atoms with Crippen molar-refractivity contribution in [3.05, 3.63) is 52.2 Å². The summed E-state index contributed by atoms with van der Waals surface area (Å²) in [5.41, 5.74) is 1.28. The molecule has 1 atom stereocenters. The third kappa shape index (κ3) is 5.08. The van der Waals surface area contributed by atoms with Crippen LogP contribution in [0.2, 0.25) is 0 Å². The van der Waals surface area contributed by atoms with E-state index in [4.69, 9.17) is 0 Å². The molecule has 0 saturated carbocycles. The highest BCUT2D eigenvalue weighted by Crippen LogP contribution is 2.25. The Morgan fingerprint density at radius 2 is 1.73 bits per heavy atom. The molecule has 1 aromatic heterocycles. The zero-order chi connectivity index (χ0) is 19.1. The molecule has 0 aliphatic carbocycles. The summed E-state index contributed by atoms with van der Waals surface area (Å²) in [6, 6.07) is 10.7. The van der Waals surface area contributed by atoms with Crippen molar-refractivity contribution in [1.29, 1.82) is 0 Å². The lowest BCUT2D eigenvalue weighted by atomic mass is 10.0. The molecule has 2 rings (SSSR count). The van der Waals surface area contributed by atoms with Gasteiger partial charge in [0.2, 0.25) is 0 Å². The maximum absolute atomic E-state index is 12.3. The van der Waals surface area contributed by atoms with E-state index in [1.54, 1.807) is 40.5 Å². The van der Waals surface area contributed by atoms with Gasteiger partial charge >= 0.3 is 6.03 Å². The first-order chi connectivity index (χ1) is 12.5. The van der Waals surface area contributed by atoms with E-state index < -0.39 is 0 Å². The zero-order valence-electron chi connectivity index (χ0n) is 15.8. The van der Waals surface area contributed by atoms with Crippen LogP contribution in [0.25, 0.3) is 0 Å². The van der Waals surface area contributed by atoms with E-state index in [0.717, 1.165) is 4.88 Å². The largest absolute Gasteiger partial charge is 0.339 e. The summed E-state index contributed by atoms with van der Waals surface area (Å²) in [4.78, 5) is 27.6. The summed E-state index contributed by atoms with van der Waals surface area (Å²) < 4.78 is 0. The van der Waals surface area contributed by atoms with Crippen LogP contribution >= 0.6 is 11.3 Å². The number of hydrogen-bond acceptors (Lipinski definition) is 3. The standard InChI is InChI=1S/C20H27N3O2S/c1-5-23(6-2)19(24)15-9-11-16(12-10-15)21-20(25)22-18(14(3)4)17-8-7-13-26-17/h7-14,18H,5-6H2,1-4H3,(H2,21,22,25). The second kappa shape index (κ2) is 9.38. The Balaban J connectivity index is 2.00. The molecule has 0 radical (unpaired) electrons. The molecule has 1 aromatic carbocycles. The molecule has 0 fully saturated rings. The highest BCUT2D eigenvalue weighted by Gasteiger charge is 2.19. The molecule has 0 spiro atoms. The number of amides is 3. The van der Waals surface area contributed by atoms with Crippen LogP contribution < -0.4 is 10.6 Å². The third-order valence-corrected chi connectivity index (χ3v) is 5.20. The number of benzene rings is 1. The summed E-state index contributed by atoms with van der Waals surface area (Å²) >= 11 is 1.64. The van der Waals surface area contributed by atoms with Gasteiger partial charge in [0, 0.05) is 29.2 Å². The fourth-order valence-corrected chi connectivity index (χ4v) is 3.68. The van der Waals surface area contributed by atoms with Crippen LogP contribution in [0, 0.1) is 5.92 Å². The number of nitrogens with one attached hydrogen (secondary N) is 2. The molecule has 140 valence electrons. The van der Waals surface area contributed by atoms with Crippen molar-refractivity contribution in [2.24, 2.45) is 5.92 Å². The Labute approximate surface area is 159 Å². The van der Waals surface area contributed by atoms with Gasteiger partial charge in [-0.15, -0.1) is 11.3 Å². The van der Waals surface area contributed by atoms with Crippen molar-refractivity contribution < 1.29 is 9.59 Å². The first-order valence-electron chi connectivity index (χ1n) is 8.96. The van der Waals surface area contributed by atoms with Crippen molar-refractivity contribution in [1.82, 2.24) is 10.2 Å². The number of urea groups is 1. The predicted octanol–water partition coefficient (Wildman–Crippen LogP) is 4.75. The van der Waals surface area contributed by atoms with Crippen LogP contribution in [0.3, 0.4) is 0 Å². The van der Waals surface area contributed by atoms with Crippen molar-refractivity contribution in [3.63, 3.8) is 0 Å². The number of hydrogen-bond donors (Lipinski definition) is 2. The lowest BCUT2D eigenvalue weighted by molar-refractivity contribution is 0.0773. The zero-order valence-corrected chi connectivity index (χ0v) is 16.6. The Bertz CT molecular complexity index is 707. The van der Waals surface area contributed by atoms with Crippen molar-refractivity contribution in [2.45, 2.75) is 33.7 Å². The molecule has 6 heteroatoms. The maximum atomic E-state index is 12.3. The third-order valence-electron chi connectivity index (χ3n) is 4.24. The lowest BCUT2D eigenvalue weighted by Crippen LogP contribution is -2.34. The number of thiophene rings is 1. The quantitative estimate of drug-likeness (QED) is 0.736. The van der Waals surface area contributed by atoms with E-state index in [-0.39, 0.29) is 23.9 Å². The Morgan fingerprint density at radius 3 is 2.23 bits per heavy atom. The van der Waals surface area contributed by atoms with E-state index in [9.17, 15) is 9.59 Å². The summed E-state index contributed by atoms with van der Waals surface area (Å²) in [6.07, 6.45) is 0. The van der Waals surface area contributed by atoms with E-state index in [1.807, 2.05) is 31.4 Å². The first kappa shape index (κ1) is 20.0. The summed E-state index contributed by atoms with van der Waals surface area (Å²) in [5.74, 6) is 0.289. The van der Waals surface area contributed by atoms with Gasteiger partial charge in [0.1, 0.15) is 0 Å². The van der Waals surface area contributed by atoms with Gasteiger partial charge < -0.3 is 15.5 Å². The minimum absolute atomic E-state index is 0.00330. The molecular formula is C20H27N3O2S. The lowest BCUT2D eigenvalue weighted by Gasteiger charge is -2.21. The molecule has 26 heavy (non-hydrogen) atoms. The van der Waals surface area contributed by atoms with E-state index >= 15 is 0 Å². The van der Waals surface area contributed by atoms with Crippen LogP contribution in [-0.4, -0.2) is 29.9 Å². The molecule has 1 unspecified atom stereocenters. The molecule has 1 heterocycles. The Morgan fingerprint density at radius 1 is 1.08 bits per heavy atom. The van der Waals surface area contributed by atoms with Crippen LogP contribution in [-0.2, 0) is 0 Å². The first-order valence-corrected chi connectivity index (χ1v) is 9.84. The van der Waals surface area contributed by atoms with Gasteiger partial charge in [0.15, 0.2) is 0 Å². The van der Waals surface area contributed by atoms with Gasteiger partial charge in [-0.05, 0) is 55.5 Å². The minimum Gasteiger partial charge on any atom is -0.339 e. The van der Waals surface area contributed by atoms with Crippen LogP contribution in [0.1, 0.15) is 49.0 Å². The average molecular weight is 374 g/mol. The van der Waals surface area contributed by atoms with Gasteiger partial charge in [-0.1, -0.05) is 19.9 Å². The fourth-order valence-electron chi connectivity index (χ4n) is 2.73. The number of nitrogens with zero attached hydrogens (tertiary/aromatic N) is 1. The summed E-state index contributed by atoms with van der Waals surface area (Å²) in [7, 11) is 0. The molecule has 3 amide bonds. The second-order valence-electron chi connectivity index (χ2n) is 6.39. The second-order valence-corrected chi connectivity index (χ2v) is 7.37. The molecule has 0 saturated heterocycles. The van der Waals surface area contributed by atoms with Gasteiger partial charge in [-0.3, -0.25) is 4.79 Å².